The minimum absolute atomic E-state index is 0.272. The molecule has 3 aliphatic rings. The molecule has 2 bridgehead atoms. The van der Waals surface area contributed by atoms with Crippen molar-refractivity contribution in [2.24, 2.45) is 5.41 Å². The van der Waals surface area contributed by atoms with Crippen LogP contribution in [-0.4, -0.2) is 16.6 Å². The Morgan fingerprint density at radius 3 is 2.15 bits per heavy atom. The first-order chi connectivity index (χ1) is 9.39. The van der Waals surface area contributed by atoms with Crippen LogP contribution in [0.2, 0.25) is 0 Å². The molecule has 20 heavy (non-hydrogen) atoms. The van der Waals surface area contributed by atoms with Crippen molar-refractivity contribution in [2.45, 2.75) is 50.8 Å². The number of nitrogens with zero attached hydrogens (tertiary/aromatic N) is 2. The van der Waals surface area contributed by atoms with E-state index in [0.717, 1.165) is 32.1 Å². The Morgan fingerprint density at radius 2 is 1.75 bits per heavy atom. The maximum Gasteiger partial charge on any atom is 0.451 e. The predicted octanol–water partition coefficient (Wildman–Crippen LogP) is 3.69. The van der Waals surface area contributed by atoms with E-state index in [1.165, 1.54) is 12.4 Å². The van der Waals surface area contributed by atoms with E-state index in [1.54, 1.807) is 0 Å². The summed E-state index contributed by atoms with van der Waals surface area (Å²) in [5, 5.41) is 0. The number of fused-ring (bicyclic) bond motifs is 3. The lowest BCUT2D eigenvalue weighted by atomic mass is 9.63. The van der Waals surface area contributed by atoms with Gasteiger partial charge in [-0.2, -0.15) is 13.2 Å². The third-order valence-electron chi connectivity index (χ3n) is 4.95. The van der Waals surface area contributed by atoms with Crippen molar-refractivity contribution in [3.63, 3.8) is 0 Å². The highest BCUT2D eigenvalue weighted by Gasteiger charge is 2.50. The molecule has 0 atom stereocenters. The van der Waals surface area contributed by atoms with Gasteiger partial charge in [0.1, 0.15) is 0 Å². The molecule has 0 N–H and O–H groups in total. The van der Waals surface area contributed by atoms with Gasteiger partial charge < -0.3 is 4.74 Å². The van der Waals surface area contributed by atoms with Gasteiger partial charge in [-0.05, 0) is 37.5 Å². The average Bonchev–Trinajstić information content (AvgIpc) is 2.48. The summed E-state index contributed by atoms with van der Waals surface area (Å²) in [5.74, 6) is -1.09. The van der Waals surface area contributed by atoms with Gasteiger partial charge in [-0.3, -0.25) is 0 Å². The fourth-order valence-corrected chi connectivity index (χ4v) is 3.30. The highest BCUT2D eigenvalue weighted by molar-refractivity contribution is 5.20. The summed E-state index contributed by atoms with van der Waals surface area (Å²) in [6.45, 7) is 2.85. The molecule has 2 aliphatic heterocycles. The van der Waals surface area contributed by atoms with Crippen molar-refractivity contribution in [3.8, 4) is 0 Å². The molecular weight excluding hydrogens is 269 g/mol. The molecule has 0 aromatic carbocycles. The number of rotatable bonds is 2. The van der Waals surface area contributed by atoms with E-state index >= 15 is 0 Å². The van der Waals surface area contributed by atoms with Gasteiger partial charge in [0.25, 0.3) is 0 Å². The highest BCUT2D eigenvalue weighted by atomic mass is 19.4. The van der Waals surface area contributed by atoms with Gasteiger partial charge in [0.2, 0.25) is 5.82 Å². The summed E-state index contributed by atoms with van der Waals surface area (Å²) in [6.07, 6.45) is 2.96. The second-order valence-electron chi connectivity index (χ2n) is 5.93. The first-order valence-electron chi connectivity index (χ1n) is 6.93. The molecule has 3 heterocycles. The number of alkyl halides is 3. The molecule has 1 aromatic heterocycles. The Balaban J connectivity index is 1.84. The topological polar surface area (TPSA) is 35.0 Å². The lowest BCUT2D eigenvalue weighted by molar-refractivity contribution is -0.190. The molecule has 110 valence electrons. The second-order valence-corrected chi connectivity index (χ2v) is 5.93. The fourth-order valence-electron chi connectivity index (χ4n) is 3.30. The zero-order valence-corrected chi connectivity index (χ0v) is 11.3. The van der Waals surface area contributed by atoms with Crippen LogP contribution < -0.4 is 0 Å². The monoisotopic (exact) mass is 286 g/mol. The van der Waals surface area contributed by atoms with Crippen LogP contribution in [0.4, 0.5) is 13.2 Å². The Hall–Kier alpha value is -1.17. The van der Waals surface area contributed by atoms with E-state index in [4.69, 9.17) is 4.74 Å². The number of ether oxygens (including phenoxy) is 1. The second kappa shape index (κ2) is 4.41. The molecule has 0 radical (unpaired) electrons. The number of halogens is 3. The summed E-state index contributed by atoms with van der Waals surface area (Å²) >= 11 is 0. The molecule has 0 unspecified atom stereocenters. The van der Waals surface area contributed by atoms with E-state index < -0.39 is 17.6 Å². The van der Waals surface area contributed by atoms with Gasteiger partial charge in [-0.15, -0.1) is 0 Å². The molecule has 3 fully saturated rings. The molecule has 3 nitrogen and oxygen atoms in total. The smallest absolute Gasteiger partial charge is 0.370 e. The van der Waals surface area contributed by atoms with Crippen molar-refractivity contribution in [2.75, 3.05) is 6.61 Å². The Labute approximate surface area is 115 Å². The van der Waals surface area contributed by atoms with Crippen LogP contribution in [0.25, 0.3) is 0 Å². The molecule has 0 amide bonds. The predicted molar refractivity (Wildman–Crippen MR) is 65.9 cm³/mol. The van der Waals surface area contributed by atoms with Gasteiger partial charge in [-0.25, -0.2) is 9.97 Å². The molecule has 1 aliphatic carbocycles. The lowest BCUT2D eigenvalue weighted by Crippen LogP contribution is -2.49. The number of hydrogen-bond acceptors (Lipinski definition) is 3. The SMILES string of the molecule is CCC12CCC(c3cnc(C(F)(F)F)nc3)(CC1)OC2. The normalized spacial score (nSPS) is 33.4. The van der Waals surface area contributed by atoms with Crippen LogP contribution >= 0.6 is 0 Å². The van der Waals surface area contributed by atoms with E-state index in [2.05, 4.69) is 16.9 Å². The third kappa shape index (κ3) is 2.10. The summed E-state index contributed by atoms with van der Waals surface area (Å²) < 4.78 is 43.5. The van der Waals surface area contributed by atoms with Crippen molar-refractivity contribution < 1.29 is 17.9 Å². The molecular formula is C14H17F3N2O. The summed E-state index contributed by atoms with van der Waals surface area (Å²) in [7, 11) is 0. The van der Waals surface area contributed by atoms with Crippen LogP contribution in [0.5, 0.6) is 0 Å². The van der Waals surface area contributed by atoms with E-state index in [9.17, 15) is 13.2 Å². The third-order valence-corrected chi connectivity index (χ3v) is 4.95. The average molecular weight is 286 g/mol. The Kier molecular flexibility index (Phi) is 3.04. The number of aromatic nitrogens is 2. The van der Waals surface area contributed by atoms with Crippen molar-refractivity contribution in [3.05, 3.63) is 23.8 Å². The quantitative estimate of drug-likeness (QED) is 0.831. The summed E-state index contributed by atoms with van der Waals surface area (Å²) in [5.41, 5.74) is 0.477. The van der Waals surface area contributed by atoms with Crippen LogP contribution in [-0.2, 0) is 16.5 Å². The van der Waals surface area contributed by atoms with Crippen LogP contribution in [0, 0.1) is 5.41 Å². The van der Waals surface area contributed by atoms with Crippen molar-refractivity contribution in [1.82, 2.24) is 9.97 Å². The molecule has 2 saturated heterocycles. The first kappa shape index (κ1) is 13.8. The van der Waals surface area contributed by atoms with Crippen molar-refractivity contribution >= 4 is 0 Å². The molecule has 0 spiro atoms. The standard InChI is InChI=1S/C14H17F3N2O/c1-2-12-3-5-13(6-4-12,20-9-12)10-7-18-11(19-8-10)14(15,16)17/h7-8H,2-6,9H2,1H3. The minimum atomic E-state index is -4.49. The van der Waals surface area contributed by atoms with E-state index in [0.29, 0.717) is 12.2 Å². The largest absolute Gasteiger partial charge is 0.451 e. The van der Waals surface area contributed by atoms with E-state index in [1.807, 2.05) is 0 Å². The Bertz CT molecular complexity index is 474. The number of hydrogen-bond donors (Lipinski definition) is 0. The summed E-state index contributed by atoms with van der Waals surface area (Å²) in [4.78, 5) is 6.91. The highest BCUT2D eigenvalue weighted by Crippen LogP contribution is 2.54. The molecule has 6 heteroatoms. The fraction of sp³-hybridized carbons (Fsp3) is 0.714. The maximum atomic E-state index is 12.5. The van der Waals surface area contributed by atoms with Crippen molar-refractivity contribution in [1.29, 1.82) is 0 Å². The van der Waals surface area contributed by atoms with Gasteiger partial charge in [0, 0.05) is 18.0 Å². The zero-order chi connectivity index (χ0) is 14.4. The van der Waals surface area contributed by atoms with Gasteiger partial charge in [-0.1, -0.05) is 6.92 Å². The maximum absolute atomic E-state index is 12.5. The first-order valence-corrected chi connectivity index (χ1v) is 6.93. The zero-order valence-electron chi connectivity index (χ0n) is 11.3. The molecule has 1 saturated carbocycles. The lowest BCUT2D eigenvalue weighted by Gasteiger charge is -2.53. The molecule has 1 aromatic rings. The Morgan fingerprint density at radius 1 is 1.15 bits per heavy atom. The van der Waals surface area contributed by atoms with Gasteiger partial charge in [0.05, 0.1) is 12.2 Å². The molecule has 4 rings (SSSR count). The van der Waals surface area contributed by atoms with Crippen LogP contribution in [0.3, 0.4) is 0 Å². The van der Waals surface area contributed by atoms with Gasteiger partial charge >= 0.3 is 6.18 Å². The van der Waals surface area contributed by atoms with E-state index in [-0.39, 0.29) is 5.41 Å². The van der Waals surface area contributed by atoms with Gasteiger partial charge in [0.15, 0.2) is 0 Å². The van der Waals surface area contributed by atoms with Crippen LogP contribution in [0.1, 0.15) is 50.4 Å². The van der Waals surface area contributed by atoms with Crippen LogP contribution in [0.15, 0.2) is 12.4 Å². The summed E-state index contributed by atoms with van der Waals surface area (Å²) in [6, 6.07) is 0. The minimum Gasteiger partial charge on any atom is -0.370 e.